The Bertz CT molecular complexity index is 412. The molecule has 98 valence electrons. The lowest BCUT2D eigenvalue weighted by Gasteiger charge is -2.33. The maximum atomic E-state index is 14.2. The van der Waals surface area contributed by atoms with Crippen molar-refractivity contribution in [2.75, 3.05) is 49.2 Å². The Morgan fingerprint density at radius 2 is 1.67 bits per heavy atom. The molecule has 0 atom stereocenters. The van der Waals surface area contributed by atoms with E-state index >= 15 is 0 Å². The summed E-state index contributed by atoms with van der Waals surface area (Å²) in [6.07, 6.45) is 2.33. The number of para-hydroxylation sites is 1. The molecule has 1 aromatic carbocycles. The number of rotatable bonds is 2. The zero-order valence-corrected chi connectivity index (χ0v) is 10.6. The molecule has 2 fully saturated rings. The molecule has 0 bridgehead atoms. The van der Waals surface area contributed by atoms with E-state index in [1.54, 1.807) is 12.1 Å². The summed E-state index contributed by atoms with van der Waals surface area (Å²) in [4.78, 5) is 4.42. The molecule has 18 heavy (non-hydrogen) atoms. The maximum absolute atomic E-state index is 14.2. The lowest BCUT2D eigenvalue weighted by atomic mass is 10.2. The highest BCUT2D eigenvalue weighted by atomic mass is 19.1. The lowest BCUT2D eigenvalue weighted by molar-refractivity contribution is 0.122. The Kier molecular flexibility index (Phi) is 3.37. The lowest BCUT2D eigenvalue weighted by Crippen LogP contribution is -2.37. The molecule has 1 aromatic rings. The van der Waals surface area contributed by atoms with Crippen molar-refractivity contribution in [1.29, 1.82) is 0 Å². The molecule has 3 nitrogen and oxygen atoms in total. The van der Waals surface area contributed by atoms with Crippen LogP contribution in [0.3, 0.4) is 0 Å². The highest BCUT2D eigenvalue weighted by Crippen LogP contribution is 2.34. The van der Waals surface area contributed by atoms with Crippen molar-refractivity contribution in [2.45, 2.75) is 12.8 Å². The van der Waals surface area contributed by atoms with Crippen molar-refractivity contribution in [1.82, 2.24) is 0 Å². The third-order valence-corrected chi connectivity index (χ3v) is 3.74. The van der Waals surface area contributed by atoms with E-state index in [1.807, 2.05) is 6.07 Å². The van der Waals surface area contributed by atoms with Crippen molar-refractivity contribution >= 4 is 11.4 Å². The van der Waals surface area contributed by atoms with Gasteiger partial charge in [0, 0.05) is 26.2 Å². The van der Waals surface area contributed by atoms with E-state index < -0.39 is 0 Å². The number of ether oxygens (including phenoxy) is 1. The largest absolute Gasteiger partial charge is 0.378 e. The third-order valence-electron chi connectivity index (χ3n) is 3.74. The van der Waals surface area contributed by atoms with Crippen molar-refractivity contribution in [2.24, 2.45) is 0 Å². The Labute approximate surface area is 107 Å². The first-order chi connectivity index (χ1) is 8.86. The summed E-state index contributed by atoms with van der Waals surface area (Å²) in [6, 6.07) is 5.40. The number of morpholine rings is 1. The topological polar surface area (TPSA) is 15.7 Å². The van der Waals surface area contributed by atoms with E-state index in [-0.39, 0.29) is 5.82 Å². The number of anilines is 2. The predicted molar refractivity (Wildman–Crippen MR) is 70.9 cm³/mol. The average molecular weight is 250 g/mol. The van der Waals surface area contributed by atoms with Gasteiger partial charge in [0.25, 0.3) is 0 Å². The minimum Gasteiger partial charge on any atom is -0.378 e. The zero-order valence-electron chi connectivity index (χ0n) is 10.6. The predicted octanol–water partition coefficient (Wildman–Crippen LogP) is 2.26. The van der Waals surface area contributed by atoms with Crippen LogP contribution in [-0.2, 0) is 4.74 Å². The maximum Gasteiger partial charge on any atom is 0.148 e. The molecule has 0 saturated carbocycles. The number of benzene rings is 1. The fourth-order valence-corrected chi connectivity index (χ4v) is 2.82. The van der Waals surface area contributed by atoms with Crippen LogP contribution in [0.4, 0.5) is 15.8 Å². The van der Waals surface area contributed by atoms with Crippen molar-refractivity contribution in [3.63, 3.8) is 0 Å². The molecule has 0 aliphatic carbocycles. The first-order valence-corrected chi connectivity index (χ1v) is 6.72. The van der Waals surface area contributed by atoms with E-state index in [1.165, 1.54) is 0 Å². The van der Waals surface area contributed by atoms with Gasteiger partial charge in [0.15, 0.2) is 0 Å². The first kappa shape index (κ1) is 11.8. The molecular formula is C14H19FN2O. The van der Waals surface area contributed by atoms with Crippen LogP contribution in [0.5, 0.6) is 0 Å². The summed E-state index contributed by atoms with van der Waals surface area (Å²) < 4.78 is 19.5. The molecule has 0 aromatic heterocycles. The number of halogens is 1. The van der Waals surface area contributed by atoms with Crippen molar-refractivity contribution in [3.8, 4) is 0 Å². The van der Waals surface area contributed by atoms with Gasteiger partial charge in [-0.3, -0.25) is 0 Å². The molecule has 3 rings (SSSR count). The number of hydrogen-bond donors (Lipinski definition) is 0. The summed E-state index contributed by atoms with van der Waals surface area (Å²) >= 11 is 0. The van der Waals surface area contributed by atoms with E-state index in [2.05, 4.69) is 9.80 Å². The number of nitrogens with zero attached hydrogens (tertiary/aromatic N) is 2. The fourth-order valence-electron chi connectivity index (χ4n) is 2.82. The van der Waals surface area contributed by atoms with Crippen LogP contribution in [0.1, 0.15) is 12.8 Å². The monoisotopic (exact) mass is 250 g/mol. The van der Waals surface area contributed by atoms with Gasteiger partial charge < -0.3 is 14.5 Å². The smallest absolute Gasteiger partial charge is 0.148 e. The highest BCUT2D eigenvalue weighted by Gasteiger charge is 2.23. The van der Waals surface area contributed by atoms with Crippen molar-refractivity contribution in [3.05, 3.63) is 24.0 Å². The van der Waals surface area contributed by atoms with Crippen molar-refractivity contribution < 1.29 is 9.13 Å². The molecule has 0 radical (unpaired) electrons. The summed E-state index contributed by atoms with van der Waals surface area (Å²) in [5, 5.41) is 0. The summed E-state index contributed by atoms with van der Waals surface area (Å²) in [5.74, 6) is -0.0964. The van der Waals surface area contributed by atoms with Crippen LogP contribution in [-0.4, -0.2) is 39.4 Å². The first-order valence-electron chi connectivity index (χ1n) is 6.72. The second-order valence-electron chi connectivity index (χ2n) is 4.90. The van der Waals surface area contributed by atoms with Gasteiger partial charge in [-0.05, 0) is 25.0 Å². The highest BCUT2D eigenvalue weighted by molar-refractivity contribution is 5.72. The third kappa shape index (κ3) is 2.17. The molecule has 0 spiro atoms. The van der Waals surface area contributed by atoms with Crippen LogP contribution in [0.25, 0.3) is 0 Å². The number of hydrogen-bond acceptors (Lipinski definition) is 3. The molecule has 0 unspecified atom stereocenters. The summed E-state index contributed by atoms with van der Waals surface area (Å²) in [5.41, 5.74) is 1.82. The van der Waals surface area contributed by atoms with Crippen LogP contribution >= 0.6 is 0 Å². The summed E-state index contributed by atoms with van der Waals surface area (Å²) in [6.45, 7) is 5.11. The molecule has 4 heteroatoms. The molecule has 2 aliphatic rings. The normalized spacial score (nSPS) is 20.5. The average Bonchev–Trinajstić information content (AvgIpc) is 2.93. The van der Waals surface area contributed by atoms with E-state index in [0.717, 1.165) is 63.6 Å². The van der Waals surface area contributed by atoms with Gasteiger partial charge in [0.1, 0.15) is 5.82 Å². The standard InChI is InChI=1S/C14H19FN2O/c15-12-4-3-5-13(16-8-10-18-11-9-16)14(12)17-6-1-2-7-17/h3-5H,1-2,6-11H2. The minimum atomic E-state index is -0.0964. The van der Waals surface area contributed by atoms with Gasteiger partial charge in [-0.15, -0.1) is 0 Å². The van der Waals surface area contributed by atoms with E-state index in [4.69, 9.17) is 4.74 Å². The molecule has 0 amide bonds. The molecular weight excluding hydrogens is 231 g/mol. The fraction of sp³-hybridized carbons (Fsp3) is 0.571. The van der Waals surface area contributed by atoms with Gasteiger partial charge in [-0.2, -0.15) is 0 Å². The Hall–Kier alpha value is -1.29. The van der Waals surface area contributed by atoms with E-state index in [9.17, 15) is 4.39 Å². The van der Waals surface area contributed by atoms with Crippen LogP contribution in [0.2, 0.25) is 0 Å². The molecule has 2 aliphatic heterocycles. The van der Waals surface area contributed by atoms with Gasteiger partial charge in [0.2, 0.25) is 0 Å². The van der Waals surface area contributed by atoms with Gasteiger partial charge in [0.05, 0.1) is 24.6 Å². The minimum absolute atomic E-state index is 0.0964. The second-order valence-corrected chi connectivity index (χ2v) is 4.90. The molecule has 2 saturated heterocycles. The van der Waals surface area contributed by atoms with Gasteiger partial charge >= 0.3 is 0 Å². The molecule has 2 heterocycles. The van der Waals surface area contributed by atoms with Crippen LogP contribution in [0.15, 0.2) is 18.2 Å². The van der Waals surface area contributed by atoms with Gasteiger partial charge in [-0.25, -0.2) is 4.39 Å². The summed E-state index contributed by atoms with van der Waals surface area (Å²) in [7, 11) is 0. The van der Waals surface area contributed by atoms with Crippen LogP contribution in [0, 0.1) is 5.82 Å². The van der Waals surface area contributed by atoms with Gasteiger partial charge in [-0.1, -0.05) is 6.07 Å². The Morgan fingerprint density at radius 3 is 2.39 bits per heavy atom. The SMILES string of the molecule is Fc1cccc(N2CCOCC2)c1N1CCCC1. The second kappa shape index (κ2) is 5.14. The Morgan fingerprint density at radius 1 is 0.944 bits per heavy atom. The van der Waals surface area contributed by atoms with Crippen LogP contribution < -0.4 is 9.80 Å². The zero-order chi connectivity index (χ0) is 12.4. The van der Waals surface area contributed by atoms with E-state index in [0.29, 0.717) is 0 Å². The molecule has 0 N–H and O–H groups in total. The Balaban J connectivity index is 1.94. The quantitative estimate of drug-likeness (QED) is 0.800.